The molecule has 0 spiro atoms. The standard InChI is InChI=1S/C16H27N3O/c1-5-17-15-9-13(4)18-16(19-15)10-20-14-7-6-11(2)12(3)8-14/h9,11-12,14H,5-8,10H2,1-4H3,(H,17,18,19). The molecule has 1 aromatic heterocycles. The minimum absolute atomic E-state index is 0.368. The Labute approximate surface area is 122 Å². The summed E-state index contributed by atoms with van der Waals surface area (Å²) >= 11 is 0. The van der Waals surface area contributed by atoms with Crippen molar-refractivity contribution in [3.63, 3.8) is 0 Å². The van der Waals surface area contributed by atoms with Gasteiger partial charge in [-0.05, 0) is 44.9 Å². The summed E-state index contributed by atoms with van der Waals surface area (Å²) in [6, 6.07) is 1.97. The van der Waals surface area contributed by atoms with Gasteiger partial charge < -0.3 is 10.1 Å². The summed E-state index contributed by atoms with van der Waals surface area (Å²) in [6.45, 7) is 10.1. The van der Waals surface area contributed by atoms with Crippen LogP contribution in [-0.2, 0) is 11.3 Å². The van der Waals surface area contributed by atoms with E-state index in [1.807, 2.05) is 13.0 Å². The first-order chi connectivity index (χ1) is 9.58. The number of nitrogens with zero attached hydrogens (tertiary/aromatic N) is 2. The van der Waals surface area contributed by atoms with E-state index in [-0.39, 0.29) is 0 Å². The van der Waals surface area contributed by atoms with Crippen molar-refractivity contribution >= 4 is 5.82 Å². The van der Waals surface area contributed by atoms with Gasteiger partial charge in [0.05, 0.1) is 6.10 Å². The number of hydrogen-bond acceptors (Lipinski definition) is 4. The number of aryl methyl sites for hydroxylation is 1. The van der Waals surface area contributed by atoms with E-state index in [0.29, 0.717) is 12.7 Å². The summed E-state index contributed by atoms with van der Waals surface area (Å²) in [6.07, 6.45) is 3.96. The van der Waals surface area contributed by atoms with Crippen molar-refractivity contribution in [1.82, 2.24) is 9.97 Å². The molecule has 0 aromatic carbocycles. The van der Waals surface area contributed by atoms with E-state index in [9.17, 15) is 0 Å². The van der Waals surface area contributed by atoms with Gasteiger partial charge in [-0.3, -0.25) is 0 Å². The van der Waals surface area contributed by atoms with Crippen molar-refractivity contribution in [2.24, 2.45) is 11.8 Å². The van der Waals surface area contributed by atoms with Crippen LogP contribution in [0, 0.1) is 18.8 Å². The highest BCUT2D eigenvalue weighted by atomic mass is 16.5. The van der Waals surface area contributed by atoms with Crippen molar-refractivity contribution in [3.8, 4) is 0 Å². The third-order valence-electron chi connectivity index (χ3n) is 4.26. The fourth-order valence-electron chi connectivity index (χ4n) is 2.81. The molecule has 20 heavy (non-hydrogen) atoms. The van der Waals surface area contributed by atoms with E-state index >= 15 is 0 Å². The average Bonchev–Trinajstić information content (AvgIpc) is 2.40. The maximum Gasteiger partial charge on any atom is 0.156 e. The van der Waals surface area contributed by atoms with Crippen molar-refractivity contribution < 1.29 is 4.74 Å². The molecule has 0 bridgehead atoms. The molecular weight excluding hydrogens is 250 g/mol. The Kier molecular flexibility index (Phi) is 5.35. The van der Waals surface area contributed by atoms with Crippen LogP contribution < -0.4 is 5.32 Å². The molecule has 3 atom stereocenters. The lowest BCUT2D eigenvalue weighted by Crippen LogP contribution is -2.26. The van der Waals surface area contributed by atoms with Crippen LogP contribution in [0.15, 0.2) is 6.07 Å². The highest BCUT2D eigenvalue weighted by molar-refractivity contribution is 5.35. The fourth-order valence-corrected chi connectivity index (χ4v) is 2.81. The van der Waals surface area contributed by atoms with Crippen molar-refractivity contribution in [2.75, 3.05) is 11.9 Å². The molecule has 3 unspecified atom stereocenters. The molecule has 2 rings (SSSR count). The maximum absolute atomic E-state index is 6.02. The maximum atomic E-state index is 6.02. The summed E-state index contributed by atoms with van der Waals surface area (Å²) < 4.78 is 6.02. The number of nitrogens with one attached hydrogen (secondary N) is 1. The zero-order valence-corrected chi connectivity index (χ0v) is 13.1. The van der Waals surface area contributed by atoms with E-state index in [1.165, 1.54) is 6.42 Å². The molecule has 1 heterocycles. The number of anilines is 1. The summed E-state index contributed by atoms with van der Waals surface area (Å²) in [5, 5.41) is 3.23. The van der Waals surface area contributed by atoms with E-state index in [4.69, 9.17) is 4.74 Å². The predicted octanol–water partition coefficient (Wildman–Crippen LogP) is 3.56. The van der Waals surface area contributed by atoms with Crippen LogP contribution in [0.25, 0.3) is 0 Å². The van der Waals surface area contributed by atoms with Gasteiger partial charge in [0.1, 0.15) is 12.4 Å². The second-order valence-electron chi connectivity index (χ2n) is 6.04. The Bertz CT molecular complexity index is 436. The molecule has 1 aliphatic rings. The molecule has 112 valence electrons. The SMILES string of the molecule is CCNc1cc(C)nc(COC2CCC(C)C(C)C2)n1. The topological polar surface area (TPSA) is 47.0 Å². The zero-order chi connectivity index (χ0) is 14.5. The fraction of sp³-hybridized carbons (Fsp3) is 0.750. The second-order valence-corrected chi connectivity index (χ2v) is 6.04. The minimum atomic E-state index is 0.368. The average molecular weight is 277 g/mol. The smallest absolute Gasteiger partial charge is 0.156 e. The van der Waals surface area contributed by atoms with Crippen LogP contribution >= 0.6 is 0 Å². The lowest BCUT2D eigenvalue weighted by molar-refractivity contribution is -0.0102. The summed E-state index contributed by atoms with van der Waals surface area (Å²) in [4.78, 5) is 8.95. The first kappa shape index (κ1) is 15.2. The minimum Gasteiger partial charge on any atom is -0.370 e. The van der Waals surface area contributed by atoms with Crippen molar-refractivity contribution in [3.05, 3.63) is 17.6 Å². The molecule has 1 N–H and O–H groups in total. The second kappa shape index (κ2) is 7.02. The van der Waals surface area contributed by atoms with E-state index in [1.54, 1.807) is 0 Å². The number of rotatable bonds is 5. The molecule has 1 saturated carbocycles. The third kappa shape index (κ3) is 4.17. The molecular formula is C16H27N3O. The highest BCUT2D eigenvalue weighted by Gasteiger charge is 2.25. The zero-order valence-electron chi connectivity index (χ0n) is 13.1. The summed E-state index contributed by atoms with van der Waals surface area (Å²) in [7, 11) is 0. The highest BCUT2D eigenvalue weighted by Crippen LogP contribution is 2.31. The lowest BCUT2D eigenvalue weighted by Gasteiger charge is -2.31. The summed E-state index contributed by atoms with van der Waals surface area (Å²) in [5.74, 6) is 3.26. The lowest BCUT2D eigenvalue weighted by atomic mass is 9.80. The summed E-state index contributed by atoms with van der Waals surface area (Å²) in [5.41, 5.74) is 0.986. The Morgan fingerprint density at radius 2 is 2.05 bits per heavy atom. The van der Waals surface area contributed by atoms with Crippen LogP contribution in [-0.4, -0.2) is 22.6 Å². The molecule has 0 aliphatic heterocycles. The van der Waals surface area contributed by atoms with Gasteiger partial charge in [0, 0.05) is 18.3 Å². The molecule has 0 saturated heterocycles. The molecule has 0 amide bonds. The van der Waals surface area contributed by atoms with Gasteiger partial charge in [-0.2, -0.15) is 0 Å². The number of aromatic nitrogens is 2. The van der Waals surface area contributed by atoms with E-state index < -0.39 is 0 Å². The number of hydrogen-bond donors (Lipinski definition) is 1. The Morgan fingerprint density at radius 3 is 2.75 bits per heavy atom. The predicted molar refractivity (Wildman–Crippen MR) is 81.7 cm³/mol. The molecule has 0 radical (unpaired) electrons. The van der Waals surface area contributed by atoms with Gasteiger partial charge in [0.15, 0.2) is 5.82 Å². The Morgan fingerprint density at radius 1 is 1.25 bits per heavy atom. The quantitative estimate of drug-likeness (QED) is 0.894. The first-order valence-corrected chi connectivity index (χ1v) is 7.78. The van der Waals surface area contributed by atoms with Gasteiger partial charge in [-0.25, -0.2) is 9.97 Å². The van der Waals surface area contributed by atoms with Gasteiger partial charge in [0.25, 0.3) is 0 Å². The molecule has 1 fully saturated rings. The van der Waals surface area contributed by atoms with Gasteiger partial charge in [0.2, 0.25) is 0 Å². The van der Waals surface area contributed by atoms with Gasteiger partial charge in [-0.15, -0.1) is 0 Å². The largest absolute Gasteiger partial charge is 0.370 e. The Balaban J connectivity index is 1.90. The normalized spacial score (nSPS) is 26.5. The van der Waals surface area contributed by atoms with Gasteiger partial charge in [-0.1, -0.05) is 13.8 Å². The molecule has 4 nitrogen and oxygen atoms in total. The van der Waals surface area contributed by atoms with Crippen LogP contribution in [0.5, 0.6) is 0 Å². The van der Waals surface area contributed by atoms with Crippen LogP contribution in [0.2, 0.25) is 0 Å². The van der Waals surface area contributed by atoms with Gasteiger partial charge >= 0.3 is 0 Å². The van der Waals surface area contributed by atoms with Crippen molar-refractivity contribution in [2.45, 2.75) is 59.7 Å². The van der Waals surface area contributed by atoms with E-state index in [2.05, 4.69) is 36.1 Å². The first-order valence-electron chi connectivity index (χ1n) is 7.78. The molecule has 1 aliphatic carbocycles. The Hall–Kier alpha value is -1.16. The monoisotopic (exact) mass is 277 g/mol. The molecule has 4 heteroatoms. The molecule has 1 aromatic rings. The van der Waals surface area contributed by atoms with Crippen LogP contribution in [0.4, 0.5) is 5.82 Å². The van der Waals surface area contributed by atoms with Crippen molar-refractivity contribution in [1.29, 1.82) is 0 Å². The number of ether oxygens (including phenoxy) is 1. The van der Waals surface area contributed by atoms with E-state index in [0.717, 1.165) is 48.6 Å². The van der Waals surface area contributed by atoms with Crippen LogP contribution in [0.3, 0.4) is 0 Å². The third-order valence-corrected chi connectivity index (χ3v) is 4.26. The van der Waals surface area contributed by atoms with Crippen LogP contribution in [0.1, 0.15) is 51.6 Å².